The van der Waals surface area contributed by atoms with E-state index in [1.165, 1.54) is 6.42 Å². The van der Waals surface area contributed by atoms with Gasteiger partial charge in [0.15, 0.2) is 0 Å². The molecule has 1 unspecified atom stereocenters. The predicted molar refractivity (Wildman–Crippen MR) is 86.7 cm³/mol. The number of para-hydroxylation sites is 1. The van der Waals surface area contributed by atoms with E-state index in [9.17, 15) is 0 Å². The van der Waals surface area contributed by atoms with Crippen molar-refractivity contribution < 1.29 is 4.74 Å². The first-order valence-corrected chi connectivity index (χ1v) is 7.74. The summed E-state index contributed by atoms with van der Waals surface area (Å²) < 4.78 is 7.50. The minimum absolute atomic E-state index is 0.656. The molecular weight excluding hydrogens is 276 g/mol. The highest BCUT2D eigenvalue weighted by Gasteiger charge is 2.18. The quantitative estimate of drug-likeness (QED) is 0.830. The lowest BCUT2D eigenvalue weighted by Crippen LogP contribution is -2.30. The summed E-state index contributed by atoms with van der Waals surface area (Å²) in [5.74, 6) is 2.68. The van der Waals surface area contributed by atoms with Crippen molar-refractivity contribution in [3.05, 3.63) is 48.1 Å². The molecule has 0 amide bonds. The molecule has 0 fully saturated rings. The van der Waals surface area contributed by atoms with Crippen LogP contribution >= 0.6 is 0 Å². The lowest BCUT2D eigenvalue weighted by Gasteiger charge is -2.22. The third-order valence-corrected chi connectivity index (χ3v) is 4.06. The van der Waals surface area contributed by atoms with Gasteiger partial charge in [0, 0.05) is 25.1 Å². The molecule has 0 spiro atoms. The predicted octanol–water partition coefficient (Wildman–Crippen LogP) is 2.15. The van der Waals surface area contributed by atoms with Crippen LogP contribution in [0.1, 0.15) is 17.8 Å². The Labute approximate surface area is 131 Å². The van der Waals surface area contributed by atoms with Gasteiger partial charge in [-0.1, -0.05) is 30.4 Å². The van der Waals surface area contributed by atoms with Crippen LogP contribution in [0.2, 0.25) is 0 Å². The zero-order valence-electron chi connectivity index (χ0n) is 12.9. The molecule has 2 heterocycles. The summed E-state index contributed by atoms with van der Waals surface area (Å²) in [6.45, 7) is 2.91. The average molecular weight is 298 g/mol. The summed E-state index contributed by atoms with van der Waals surface area (Å²) >= 11 is 0. The fourth-order valence-corrected chi connectivity index (χ4v) is 2.86. The first-order valence-electron chi connectivity index (χ1n) is 7.74. The molecule has 0 aliphatic carbocycles. The summed E-state index contributed by atoms with van der Waals surface area (Å²) in [5.41, 5.74) is 1.11. The van der Waals surface area contributed by atoms with Crippen molar-refractivity contribution in [1.29, 1.82) is 0 Å². The van der Waals surface area contributed by atoms with E-state index in [-0.39, 0.29) is 0 Å². The molecule has 0 saturated carbocycles. The van der Waals surface area contributed by atoms with Crippen LogP contribution in [0.5, 0.6) is 5.75 Å². The van der Waals surface area contributed by atoms with Gasteiger partial charge in [-0.25, -0.2) is 0 Å². The summed E-state index contributed by atoms with van der Waals surface area (Å²) in [7, 11) is 1.70. The van der Waals surface area contributed by atoms with Gasteiger partial charge in [0.25, 0.3) is 0 Å². The molecule has 116 valence electrons. The molecule has 1 atom stereocenters. The van der Waals surface area contributed by atoms with Crippen LogP contribution in [0.4, 0.5) is 0 Å². The Morgan fingerprint density at radius 2 is 2.32 bits per heavy atom. The van der Waals surface area contributed by atoms with Gasteiger partial charge >= 0.3 is 0 Å². The zero-order chi connectivity index (χ0) is 15.2. The highest BCUT2D eigenvalue weighted by molar-refractivity contribution is 5.57. The third-order valence-electron chi connectivity index (χ3n) is 4.06. The van der Waals surface area contributed by atoms with E-state index in [0.29, 0.717) is 5.92 Å². The maximum atomic E-state index is 5.34. The zero-order valence-corrected chi connectivity index (χ0v) is 12.9. The van der Waals surface area contributed by atoms with Gasteiger partial charge in [0.1, 0.15) is 17.9 Å². The van der Waals surface area contributed by atoms with Crippen molar-refractivity contribution >= 4 is 6.08 Å². The van der Waals surface area contributed by atoms with Gasteiger partial charge in [-0.3, -0.25) is 0 Å². The van der Waals surface area contributed by atoms with Gasteiger partial charge in [-0.05, 0) is 24.9 Å². The lowest BCUT2D eigenvalue weighted by molar-refractivity contribution is 0.352. The van der Waals surface area contributed by atoms with Gasteiger partial charge in [-0.2, -0.15) is 0 Å². The van der Waals surface area contributed by atoms with Crippen molar-refractivity contribution in [3.8, 4) is 5.75 Å². The number of methoxy groups -OCH3 is 1. The van der Waals surface area contributed by atoms with Crippen LogP contribution in [0.3, 0.4) is 0 Å². The number of nitrogens with zero attached hydrogens (tertiary/aromatic N) is 3. The largest absolute Gasteiger partial charge is 0.496 e. The normalized spacial score (nSPS) is 17.6. The van der Waals surface area contributed by atoms with Crippen LogP contribution in [0.15, 0.2) is 36.7 Å². The van der Waals surface area contributed by atoms with E-state index >= 15 is 0 Å². The van der Waals surface area contributed by atoms with Crippen LogP contribution in [0, 0.1) is 5.92 Å². The van der Waals surface area contributed by atoms with Crippen molar-refractivity contribution in [2.24, 2.45) is 5.92 Å². The maximum absolute atomic E-state index is 5.34. The molecule has 1 aromatic carbocycles. The van der Waals surface area contributed by atoms with Gasteiger partial charge in [0.2, 0.25) is 0 Å². The molecule has 1 N–H and O–H groups in total. The third kappa shape index (κ3) is 3.54. The Kier molecular flexibility index (Phi) is 4.85. The monoisotopic (exact) mass is 298 g/mol. The van der Waals surface area contributed by atoms with Crippen molar-refractivity contribution in [2.45, 2.75) is 19.4 Å². The second kappa shape index (κ2) is 7.22. The Morgan fingerprint density at radius 3 is 3.23 bits per heavy atom. The van der Waals surface area contributed by atoms with E-state index in [4.69, 9.17) is 4.74 Å². The number of aryl methyl sites for hydroxylation is 1. The number of hydrogen-bond acceptors (Lipinski definition) is 4. The van der Waals surface area contributed by atoms with Gasteiger partial charge in [-0.15, -0.1) is 10.2 Å². The van der Waals surface area contributed by atoms with E-state index in [0.717, 1.165) is 43.2 Å². The number of aromatic nitrogens is 3. The van der Waals surface area contributed by atoms with Crippen molar-refractivity contribution in [1.82, 2.24) is 20.1 Å². The molecule has 0 saturated heterocycles. The second-order valence-electron chi connectivity index (χ2n) is 5.61. The van der Waals surface area contributed by atoms with Crippen molar-refractivity contribution in [3.63, 3.8) is 0 Å². The molecule has 0 radical (unpaired) electrons. The Morgan fingerprint density at radius 1 is 1.41 bits per heavy atom. The summed E-state index contributed by atoms with van der Waals surface area (Å²) in [4.78, 5) is 0. The highest BCUT2D eigenvalue weighted by atomic mass is 16.5. The Hall–Kier alpha value is -2.14. The fraction of sp³-hybridized carbons (Fsp3) is 0.412. The molecule has 2 aromatic rings. The highest BCUT2D eigenvalue weighted by Crippen LogP contribution is 2.19. The van der Waals surface area contributed by atoms with E-state index in [1.54, 1.807) is 7.11 Å². The molecule has 1 aliphatic heterocycles. The molecule has 5 heteroatoms. The van der Waals surface area contributed by atoms with Crippen LogP contribution < -0.4 is 10.1 Å². The number of nitrogens with one attached hydrogen (secondary N) is 1. The summed E-state index contributed by atoms with van der Waals surface area (Å²) in [6.07, 6.45) is 8.30. The molecule has 0 bridgehead atoms. The number of hydrogen-bond donors (Lipinski definition) is 1. The fourth-order valence-electron chi connectivity index (χ4n) is 2.86. The van der Waals surface area contributed by atoms with Crippen LogP contribution in [-0.4, -0.2) is 35.0 Å². The molecule has 5 nitrogen and oxygen atoms in total. The molecular formula is C17H22N4O. The van der Waals surface area contributed by atoms with Crippen LogP contribution in [0.25, 0.3) is 6.08 Å². The molecule has 1 aromatic heterocycles. The smallest absolute Gasteiger partial charge is 0.132 e. The first kappa shape index (κ1) is 14.8. The maximum Gasteiger partial charge on any atom is 0.132 e. The minimum Gasteiger partial charge on any atom is -0.496 e. The molecule has 22 heavy (non-hydrogen) atoms. The van der Waals surface area contributed by atoms with Crippen molar-refractivity contribution in [2.75, 3.05) is 20.2 Å². The summed E-state index contributed by atoms with van der Waals surface area (Å²) in [6, 6.07) is 8.04. The van der Waals surface area contributed by atoms with E-state index < -0.39 is 0 Å². The lowest BCUT2D eigenvalue weighted by atomic mass is 9.99. The Balaban J connectivity index is 1.43. The topological polar surface area (TPSA) is 52.0 Å². The number of ether oxygens (including phenoxy) is 1. The van der Waals surface area contributed by atoms with Crippen LogP contribution in [-0.2, 0) is 13.0 Å². The first-order chi connectivity index (χ1) is 10.9. The standard InChI is InChI=1S/C17H22N4O/c1-22-16-7-3-2-5-15(16)6-4-10-18-11-14-8-9-17-20-19-13-21(17)12-14/h2-7,13-14,18H,8-12H2,1H3/b6-4+. The molecule has 1 aliphatic rings. The number of fused-ring (bicyclic) bond motifs is 1. The molecule has 3 rings (SSSR count). The minimum atomic E-state index is 0.656. The van der Waals surface area contributed by atoms with E-state index in [1.807, 2.05) is 24.5 Å². The summed E-state index contributed by atoms with van der Waals surface area (Å²) in [5, 5.41) is 11.6. The Bertz CT molecular complexity index is 635. The number of benzene rings is 1. The average Bonchev–Trinajstić information content (AvgIpc) is 3.02. The van der Waals surface area contributed by atoms with Gasteiger partial charge < -0.3 is 14.6 Å². The number of rotatable bonds is 6. The SMILES string of the molecule is COc1ccccc1/C=C/CNCC1CCc2nncn2C1. The second-order valence-corrected chi connectivity index (χ2v) is 5.61. The van der Waals surface area contributed by atoms with E-state index in [2.05, 4.69) is 38.3 Å². The van der Waals surface area contributed by atoms with Gasteiger partial charge in [0.05, 0.1) is 7.11 Å².